The van der Waals surface area contributed by atoms with Gasteiger partial charge in [0.05, 0.1) is 32.3 Å². The van der Waals surface area contributed by atoms with Crippen molar-refractivity contribution in [3.8, 4) is 0 Å². The van der Waals surface area contributed by atoms with E-state index in [1.165, 1.54) is 37.1 Å². The van der Waals surface area contributed by atoms with Crippen LogP contribution in [0.2, 0.25) is 0 Å². The molecule has 0 radical (unpaired) electrons. The molecule has 2 fully saturated rings. The Labute approximate surface area is 154 Å². The number of fused-ring (bicyclic) bond motifs is 2. The summed E-state index contributed by atoms with van der Waals surface area (Å²) in [4.78, 5) is 0. The van der Waals surface area contributed by atoms with E-state index in [0.717, 1.165) is 28.5 Å². The summed E-state index contributed by atoms with van der Waals surface area (Å²) >= 11 is 0. The second-order valence-electron chi connectivity index (χ2n) is 8.23. The van der Waals surface area contributed by atoms with Gasteiger partial charge in [-0.3, -0.25) is 0 Å². The van der Waals surface area contributed by atoms with Gasteiger partial charge in [-0.25, -0.2) is 8.78 Å². The first-order valence-corrected chi connectivity index (χ1v) is 9.43. The smallest absolute Gasteiger partial charge is 0.123 e. The van der Waals surface area contributed by atoms with Crippen LogP contribution in [0.1, 0.15) is 42.9 Å². The molecule has 0 spiro atoms. The number of hydrogen-bond donors (Lipinski definition) is 0. The first-order chi connectivity index (χ1) is 12.4. The van der Waals surface area contributed by atoms with Crippen LogP contribution >= 0.6 is 0 Å². The zero-order valence-electron chi connectivity index (χ0n) is 15.4. The molecule has 0 aliphatic carbocycles. The van der Waals surface area contributed by atoms with Crippen LogP contribution in [0.3, 0.4) is 0 Å². The van der Waals surface area contributed by atoms with Gasteiger partial charge in [-0.05, 0) is 35.4 Å². The summed E-state index contributed by atoms with van der Waals surface area (Å²) < 4.78 is 34.4. The summed E-state index contributed by atoms with van der Waals surface area (Å²) in [5, 5.41) is 0. The molecule has 2 nitrogen and oxygen atoms in total. The number of nitrogens with zero attached hydrogens (tertiary/aromatic N) is 1. The fourth-order valence-corrected chi connectivity index (χ4v) is 4.76. The number of rotatable bonds is 4. The third-order valence-corrected chi connectivity index (χ3v) is 6.46. The molecule has 4 heteroatoms. The van der Waals surface area contributed by atoms with Crippen LogP contribution in [0.4, 0.5) is 8.78 Å². The molecule has 26 heavy (non-hydrogen) atoms. The Hall–Kier alpha value is -1.78. The zero-order chi connectivity index (χ0) is 18.3. The van der Waals surface area contributed by atoms with Crippen molar-refractivity contribution in [1.29, 1.82) is 0 Å². The molecule has 2 aromatic rings. The molecule has 0 amide bonds. The predicted octanol–water partition coefficient (Wildman–Crippen LogP) is 4.84. The molecule has 2 aliphatic rings. The standard InChI is InChI=1S/C22H26F2NO/c1-25(2)19-11-12-20(25)14-21(13-19)26-22(15-3-7-17(23)8-4-15)16-5-9-18(24)10-6-16/h3-10,19-22H,11-14H2,1-2H3/q+1/t19-,20+,21?. The van der Waals surface area contributed by atoms with E-state index in [2.05, 4.69) is 14.1 Å². The van der Waals surface area contributed by atoms with Crippen LogP contribution in [-0.2, 0) is 4.74 Å². The van der Waals surface area contributed by atoms with E-state index in [4.69, 9.17) is 4.74 Å². The first kappa shape index (κ1) is 17.6. The normalized spacial score (nSPS) is 27.0. The van der Waals surface area contributed by atoms with Crippen LogP contribution in [0.25, 0.3) is 0 Å². The first-order valence-electron chi connectivity index (χ1n) is 9.43. The molecule has 0 saturated carbocycles. The molecule has 2 aliphatic heterocycles. The van der Waals surface area contributed by atoms with E-state index in [9.17, 15) is 8.78 Å². The number of hydrogen-bond acceptors (Lipinski definition) is 1. The van der Waals surface area contributed by atoms with Gasteiger partial charge >= 0.3 is 0 Å². The molecule has 2 heterocycles. The average Bonchev–Trinajstić information content (AvgIpc) is 2.78. The highest BCUT2D eigenvalue weighted by Gasteiger charge is 2.49. The highest BCUT2D eigenvalue weighted by molar-refractivity contribution is 5.30. The van der Waals surface area contributed by atoms with E-state index in [-0.39, 0.29) is 23.8 Å². The van der Waals surface area contributed by atoms with Crippen LogP contribution in [0, 0.1) is 11.6 Å². The zero-order valence-corrected chi connectivity index (χ0v) is 15.4. The summed E-state index contributed by atoms with van der Waals surface area (Å²) in [6, 6.07) is 14.2. The average molecular weight is 358 g/mol. The summed E-state index contributed by atoms with van der Waals surface area (Å²) in [6.45, 7) is 0. The van der Waals surface area contributed by atoms with Gasteiger partial charge in [-0.2, -0.15) is 0 Å². The molecular weight excluding hydrogens is 332 g/mol. The van der Waals surface area contributed by atoms with Crippen LogP contribution in [0.5, 0.6) is 0 Å². The van der Waals surface area contributed by atoms with Crippen molar-refractivity contribution in [3.05, 3.63) is 71.3 Å². The van der Waals surface area contributed by atoms with E-state index in [0.29, 0.717) is 12.1 Å². The summed E-state index contributed by atoms with van der Waals surface area (Å²) in [5.74, 6) is -0.525. The Morgan fingerprint density at radius 1 is 0.808 bits per heavy atom. The van der Waals surface area contributed by atoms with Gasteiger partial charge in [0.2, 0.25) is 0 Å². The number of benzene rings is 2. The van der Waals surface area contributed by atoms with Gasteiger partial charge in [-0.15, -0.1) is 0 Å². The summed E-state index contributed by atoms with van der Waals surface area (Å²) in [7, 11) is 4.66. The molecule has 0 aromatic heterocycles. The highest BCUT2D eigenvalue weighted by Crippen LogP contribution is 2.42. The number of ether oxygens (including phenoxy) is 1. The maximum atomic E-state index is 13.4. The molecule has 4 rings (SSSR count). The van der Waals surface area contributed by atoms with Crippen LogP contribution in [-0.4, -0.2) is 36.8 Å². The molecule has 0 N–H and O–H groups in total. The summed E-state index contributed by atoms with van der Waals surface area (Å²) in [6.07, 6.45) is 4.49. The van der Waals surface area contributed by atoms with Crippen molar-refractivity contribution < 1.29 is 18.0 Å². The highest BCUT2D eigenvalue weighted by atomic mass is 19.1. The monoisotopic (exact) mass is 358 g/mol. The predicted molar refractivity (Wildman–Crippen MR) is 97.7 cm³/mol. The molecule has 2 aromatic carbocycles. The quantitative estimate of drug-likeness (QED) is 0.711. The van der Waals surface area contributed by atoms with E-state index in [1.54, 1.807) is 24.3 Å². The Morgan fingerprint density at radius 3 is 1.65 bits per heavy atom. The second kappa shape index (κ2) is 6.75. The number of piperidine rings is 1. The van der Waals surface area contributed by atoms with Crippen LogP contribution < -0.4 is 0 Å². The van der Waals surface area contributed by atoms with Gasteiger partial charge in [0.15, 0.2) is 0 Å². The van der Waals surface area contributed by atoms with Crippen molar-refractivity contribution in [3.63, 3.8) is 0 Å². The van der Waals surface area contributed by atoms with Crippen molar-refractivity contribution in [1.82, 2.24) is 0 Å². The van der Waals surface area contributed by atoms with Crippen molar-refractivity contribution in [2.24, 2.45) is 0 Å². The lowest BCUT2D eigenvalue weighted by atomic mass is 9.96. The molecule has 1 unspecified atom stereocenters. The minimum absolute atomic E-state index is 0.179. The van der Waals surface area contributed by atoms with Gasteiger partial charge in [0.25, 0.3) is 0 Å². The van der Waals surface area contributed by atoms with E-state index < -0.39 is 0 Å². The Kier molecular flexibility index (Phi) is 4.57. The van der Waals surface area contributed by atoms with E-state index in [1.807, 2.05) is 0 Å². The van der Waals surface area contributed by atoms with Gasteiger partial charge < -0.3 is 9.22 Å². The molecule has 138 valence electrons. The fraction of sp³-hybridized carbons (Fsp3) is 0.455. The Balaban J connectivity index is 1.59. The molecule has 3 atom stereocenters. The molecule has 2 bridgehead atoms. The minimum atomic E-state index is -0.297. The Bertz CT molecular complexity index is 695. The number of halogens is 2. The van der Waals surface area contributed by atoms with Gasteiger partial charge in [0, 0.05) is 25.7 Å². The SMILES string of the molecule is C[N+]1(C)[C@@H]2CC[C@H]1CC(OC(c1ccc(F)cc1)c1ccc(F)cc1)C2. The lowest BCUT2D eigenvalue weighted by Crippen LogP contribution is -2.56. The number of quaternary nitrogens is 1. The Morgan fingerprint density at radius 2 is 1.23 bits per heavy atom. The topological polar surface area (TPSA) is 9.23 Å². The largest absolute Gasteiger partial charge is 0.365 e. The van der Waals surface area contributed by atoms with Crippen molar-refractivity contribution >= 4 is 0 Å². The molecule has 2 saturated heterocycles. The lowest BCUT2D eigenvalue weighted by molar-refractivity contribution is -0.931. The van der Waals surface area contributed by atoms with Crippen LogP contribution in [0.15, 0.2) is 48.5 Å². The van der Waals surface area contributed by atoms with Crippen molar-refractivity contribution in [2.75, 3.05) is 14.1 Å². The minimum Gasteiger partial charge on any atom is -0.365 e. The summed E-state index contributed by atoms with van der Waals surface area (Å²) in [5.41, 5.74) is 1.81. The van der Waals surface area contributed by atoms with Crippen molar-refractivity contribution in [2.45, 2.75) is 50.0 Å². The van der Waals surface area contributed by atoms with E-state index >= 15 is 0 Å². The third kappa shape index (κ3) is 3.28. The fourth-order valence-electron chi connectivity index (χ4n) is 4.76. The molecular formula is C22H26F2NO+. The van der Waals surface area contributed by atoms with Gasteiger partial charge in [0.1, 0.15) is 17.7 Å². The maximum absolute atomic E-state index is 13.4. The van der Waals surface area contributed by atoms with Gasteiger partial charge in [-0.1, -0.05) is 24.3 Å². The third-order valence-electron chi connectivity index (χ3n) is 6.46. The lowest BCUT2D eigenvalue weighted by Gasteiger charge is -2.44. The second-order valence-corrected chi connectivity index (χ2v) is 8.23. The maximum Gasteiger partial charge on any atom is 0.123 e.